The van der Waals surface area contributed by atoms with Crippen LogP contribution in [0.4, 0.5) is 0 Å². The van der Waals surface area contributed by atoms with Crippen molar-refractivity contribution in [1.29, 1.82) is 0 Å². The summed E-state index contributed by atoms with van der Waals surface area (Å²) >= 11 is 0. The lowest BCUT2D eigenvalue weighted by molar-refractivity contribution is -0.148. The van der Waals surface area contributed by atoms with Crippen LogP contribution in [0, 0.1) is 5.92 Å². The fourth-order valence-corrected chi connectivity index (χ4v) is 14.8. The molecule has 123 heavy (non-hydrogen) atoms. The van der Waals surface area contributed by atoms with Crippen molar-refractivity contribution in [2.24, 2.45) is 5.92 Å². The van der Waals surface area contributed by atoms with E-state index in [1.807, 2.05) is 0 Å². The van der Waals surface area contributed by atoms with Gasteiger partial charge in [-0.2, -0.15) is 0 Å². The number of nitrogens with one attached hydrogen (secondary N) is 2. The van der Waals surface area contributed by atoms with E-state index in [4.69, 9.17) is 33.2 Å². The summed E-state index contributed by atoms with van der Waals surface area (Å²) in [6.45, 7) is 11.8. The van der Waals surface area contributed by atoms with Crippen molar-refractivity contribution in [3.63, 3.8) is 0 Å². The molecule has 0 rings (SSSR count). The molecule has 0 spiro atoms. The number of allylic oxidation sites excluding steroid dienone is 8. The third-order valence-corrected chi connectivity index (χ3v) is 22.7. The first-order valence-electron chi connectivity index (χ1n) is 50.8. The van der Waals surface area contributed by atoms with Gasteiger partial charge in [-0.15, -0.1) is 0 Å². The van der Waals surface area contributed by atoms with E-state index in [9.17, 15) is 43.2 Å². The Kier molecular flexibility index (Phi) is 90.9. The molecule has 714 valence electrons. The van der Waals surface area contributed by atoms with E-state index < -0.39 is 5.92 Å². The lowest BCUT2D eigenvalue weighted by Gasteiger charge is -2.23. The third kappa shape index (κ3) is 86.8. The summed E-state index contributed by atoms with van der Waals surface area (Å²) in [4.78, 5) is 124. The molecule has 1 atom stereocenters. The van der Waals surface area contributed by atoms with Gasteiger partial charge >= 0.3 is 23.9 Å². The summed E-state index contributed by atoms with van der Waals surface area (Å²) in [5, 5.41) is 5.88. The monoisotopic (exact) mass is 1740 g/mol. The van der Waals surface area contributed by atoms with Crippen LogP contribution in [0.25, 0.3) is 0 Å². The first-order chi connectivity index (χ1) is 60.3. The second kappa shape index (κ2) is 95.4. The van der Waals surface area contributed by atoms with Gasteiger partial charge in [0.1, 0.15) is 32.2 Å². The highest BCUT2D eigenvalue weighted by atomic mass is 16.6. The van der Waals surface area contributed by atoms with Crippen LogP contribution in [-0.2, 0) is 76.3 Å². The van der Waals surface area contributed by atoms with E-state index in [2.05, 4.69) is 86.9 Å². The second-order valence-corrected chi connectivity index (χ2v) is 34.1. The summed E-state index contributed by atoms with van der Waals surface area (Å²) < 4.78 is 38.7. The minimum Gasteiger partial charge on any atom is -0.464 e. The van der Waals surface area contributed by atoms with Gasteiger partial charge in [0.25, 0.3) is 0 Å². The van der Waals surface area contributed by atoms with E-state index in [1.165, 1.54) is 164 Å². The smallest absolute Gasteiger partial charge is 0.305 e. The zero-order valence-corrected chi connectivity index (χ0v) is 79.7. The predicted molar refractivity (Wildman–Crippen MR) is 504 cm³/mol. The second-order valence-electron chi connectivity index (χ2n) is 34.1. The number of methoxy groups -OCH3 is 1. The van der Waals surface area contributed by atoms with Crippen molar-refractivity contribution in [3.8, 4) is 0 Å². The molecule has 0 saturated carbocycles. The molecule has 0 aromatic carbocycles. The Balaban J connectivity index is 5.80. The zero-order chi connectivity index (χ0) is 89.5. The fraction of sp³-hybridized carbons (Fsp3) is 0.835. The number of hydrogen-bond acceptors (Lipinski definition) is 16. The maximum atomic E-state index is 14.0. The van der Waals surface area contributed by atoms with Crippen molar-refractivity contribution in [1.82, 2.24) is 20.4 Å². The Labute approximate surface area is 751 Å². The number of Topliss-reactive ketones (excluding diaryl/α,β-unsaturated/α-hetero) is 1. The minimum absolute atomic E-state index is 0.0244. The Hall–Kier alpha value is -5.73. The number of unbranched alkanes of at least 4 members (excludes halogenated alkanes) is 45. The number of esters is 4. The lowest BCUT2D eigenvalue weighted by atomic mass is 9.93. The summed E-state index contributed by atoms with van der Waals surface area (Å²) in [5.74, 6) is -3.66. The van der Waals surface area contributed by atoms with Crippen LogP contribution in [0.1, 0.15) is 445 Å². The number of rotatable bonds is 96. The van der Waals surface area contributed by atoms with Gasteiger partial charge in [0.15, 0.2) is 0 Å². The maximum absolute atomic E-state index is 14.0. The van der Waals surface area contributed by atoms with Crippen molar-refractivity contribution in [2.75, 3.05) is 106 Å². The SMILES string of the molecule is CCCCCCCC/C=C\CCCCCCCC(=O)OCCN(CCOC(=O)CCCCCCC/C=C\CCCCCCCC)C(=O)CCC(=O)C[C@@H](CCCCNC(=O)CCC(=O)N(CCOC(=O)CCCCCCC/C=C\CCCCCCCC)CCOC(=O)CCCCCCC/C=C\CCCCCCCC)C(=O)NCCCOCCOCCOC. The van der Waals surface area contributed by atoms with Crippen LogP contribution in [0.15, 0.2) is 48.6 Å². The Morgan fingerprint density at radius 2 is 0.545 bits per heavy atom. The molecule has 0 radical (unpaired) electrons. The van der Waals surface area contributed by atoms with Gasteiger partial charge in [-0.25, -0.2) is 0 Å². The van der Waals surface area contributed by atoms with Crippen LogP contribution >= 0.6 is 0 Å². The van der Waals surface area contributed by atoms with Crippen LogP contribution in [-0.4, -0.2) is 169 Å². The normalized spacial score (nSPS) is 11.8. The van der Waals surface area contributed by atoms with E-state index >= 15 is 0 Å². The highest BCUT2D eigenvalue weighted by Gasteiger charge is 2.25. The molecule has 20 heteroatoms. The van der Waals surface area contributed by atoms with E-state index in [1.54, 1.807) is 7.11 Å². The number of ether oxygens (including phenoxy) is 7. The third-order valence-electron chi connectivity index (χ3n) is 22.7. The molecule has 0 aromatic heterocycles. The molecule has 0 aliphatic rings. The molecule has 0 bridgehead atoms. The van der Waals surface area contributed by atoms with Crippen molar-refractivity contribution < 1.29 is 76.3 Å². The van der Waals surface area contributed by atoms with Crippen molar-refractivity contribution in [3.05, 3.63) is 48.6 Å². The molecule has 0 fully saturated rings. The summed E-state index contributed by atoms with van der Waals surface area (Å²) in [6, 6.07) is 0. The zero-order valence-electron chi connectivity index (χ0n) is 79.7. The Morgan fingerprint density at radius 1 is 0.268 bits per heavy atom. The predicted octanol–water partition coefficient (Wildman–Crippen LogP) is 24.6. The van der Waals surface area contributed by atoms with Crippen LogP contribution in [0.5, 0.6) is 0 Å². The van der Waals surface area contributed by atoms with Gasteiger partial charge in [-0.1, -0.05) is 288 Å². The number of nitrogens with zero attached hydrogens (tertiary/aromatic N) is 2. The summed E-state index contributed by atoms with van der Waals surface area (Å²) in [6.07, 6.45) is 80.9. The lowest BCUT2D eigenvalue weighted by Crippen LogP contribution is -2.38. The molecule has 20 nitrogen and oxygen atoms in total. The number of carbonyl (C=O) groups is 9. The largest absolute Gasteiger partial charge is 0.464 e. The molecule has 0 saturated heterocycles. The Morgan fingerprint density at radius 3 is 0.862 bits per heavy atom. The molecule has 0 aromatic rings. The average Bonchev–Trinajstić information content (AvgIpc) is 0.937. The standard InChI is InChI=1S/C103H186N4O16/c1-6-10-14-18-22-26-30-34-38-42-46-50-54-58-62-70-99(112)120-85-80-106(81-86-121-100(113)71-63-59-55-51-47-43-39-35-31-27-23-19-15-11-7-2)97(110)76-74-95(108)93-94(103(116)105-79-68-84-118-91-92-119-90-89-117-5)69-66-67-78-104-96(109)75-77-98(111)107(82-87-122-101(114)72-64-60-56-52-48-44-40-36-32-28-24-20-16-12-8-3)83-88-123-102(115)73-65-61-57-53-49-45-41-37-33-29-25-21-17-13-9-4/h34-41,94H,6-33,42-93H2,1-5H3,(H,104,109)(H,105,116)/b38-34-,39-35-,40-36-,41-37-/t94-/m1/s1. The van der Waals surface area contributed by atoms with E-state index in [-0.39, 0.29) is 157 Å². The highest BCUT2D eigenvalue weighted by molar-refractivity contribution is 5.89. The topological polar surface area (TPSA) is 249 Å². The van der Waals surface area contributed by atoms with Gasteiger partial charge in [0.2, 0.25) is 23.6 Å². The quantitative estimate of drug-likeness (QED) is 0.0249. The van der Waals surface area contributed by atoms with Gasteiger partial charge in [0, 0.05) is 90.5 Å². The van der Waals surface area contributed by atoms with Crippen molar-refractivity contribution in [2.45, 2.75) is 445 Å². The maximum Gasteiger partial charge on any atom is 0.305 e. The molecule has 4 amide bonds. The molecule has 0 aliphatic carbocycles. The summed E-state index contributed by atoms with van der Waals surface area (Å²) in [7, 11) is 1.61. The van der Waals surface area contributed by atoms with Gasteiger partial charge in [-0.05, 0) is 148 Å². The van der Waals surface area contributed by atoms with Gasteiger partial charge in [-0.3, -0.25) is 43.2 Å². The van der Waals surface area contributed by atoms with Crippen LogP contribution < -0.4 is 10.6 Å². The Bertz CT molecular complexity index is 2480. The number of ketones is 1. The first-order valence-corrected chi connectivity index (χ1v) is 50.8. The van der Waals surface area contributed by atoms with Crippen LogP contribution in [0.3, 0.4) is 0 Å². The molecule has 2 N–H and O–H groups in total. The molecule has 0 heterocycles. The highest BCUT2D eigenvalue weighted by Crippen LogP contribution is 2.20. The fourth-order valence-electron chi connectivity index (χ4n) is 14.8. The average molecular weight is 1740 g/mol. The first kappa shape index (κ1) is 117. The van der Waals surface area contributed by atoms with E-state index in [0.717, 1.165) is 167 Å². The van der Waals surface area contributed by atoms with Gasteiger partial charge in [0.05, 0.1) is 52.6 Å². The number of hydrogen-bond donors (Lipinski definition) is 2. The van der Waals surface area contributed by atoms with Crippen molar-refractivity contribution >= 4 is 53.3 Å². The number of amides is 4. The minimum atomic E-state index is -0.724. The molecular weight excluding hydrogens is 1550 g/mol. The van der Waals surface area contributed by atoms with Gasteiger partial charge < -0.3 is 53.6 Å². The number of carbonyl (C=O) groups excluding carboxylic acids is 9. The van der Waals surface area contributed by atoms with E-state index in [0.29, 0.717) is 90.9 Å². The molecule has 0 unspecified atom stereocenters. The molecule has 0 aliphatic heterocycles. The molecular formula is C103H186N4O16. The summed E-state index contributed by atoms with van der Waals surface area (Å²) in [5.41, 5.74) is 0. The van der Waals surface area contributed by atoms with Crippen LogP contribution in [0.2, 0.25) is 0 Å².